The molecule has 3 aromatic carbocycles. The van der Waals surface area contributed by atoms with Gasteiger partial charge in [0.25, 0.3) is 0 Å². The molecule has 0 bridgehead atoms. The number of ether oxygens (including phenoxy) is 1. The Morgan fingerprint density at radius 3 is 1.67 bits per heavy atom. The van der Waals surface area contributed by atoms with Crippen LogP contribution in [0.25, 0.3) is 0 Å². The molecule has 1 heterocycles. The Hall–Kier alpha value is -2.87. The summed E-state index contributed by atoms with van der Waals surface area (Å²) in [6, 6.07) is 30.0. The fraction of sp³-hybridized carbons (Fsp3) is 0.136. The summed E-state index contributed by atoms with van der Waals surface area (Å²) < 4.78 is 6.05. The fourth-order valence-electron chi connectivity index (χ4n) is 3.53. The van der Waals surface area contributed by atoms with E-state index in [2.05, 4.69) is 0 Å². The number of rotatable bonds is 3. The predicted octanol–water partition coefficient (Wildman–Crippen LogP) is 4.66. The quantitative estimate of drug-likeness (QED) is 0.657. The lowest BCUT2D eigenvalue weighted by atomic mass is 9.80. The van der Waals surface area contributed by atoms with Crippen LogP contribution in [-0.2, 0) is 15.1 Å². The highest BCUT2D eigenvalue weighted by molar-refractivity contribution is 5.82. The average molecular weight is 314 g/mol. The summed E-state index contributed by atoms with van der Waals surface area (Å²) in [5, 5.41) is 0. The molecule has 118 valence electrons. The first kappa shape index (κ1) is 14.7. The Kier molecular flexibility index (Phi) is 3.66. The Balaban J connectivity index is 1.83. The summed E-state index contributed by atoms with van der Waals surface area (Å²) in [6.45, 7) is 0. The van der Waals surface area contributed by atoms with Gasteiger partial charge in [0.05, 0.1) is 5.92 Å². The molecule has 2 heteroatoms. The molecule has 1 aliphatic heterocycles. The SMILES string of the molecule is O=C1OC(c2ccccc2)(c2ccccc2)CC1c1ccccc1. The third-order valence-corrected chi connectivity index (χ3v) is 4.73. The van der Waals surface area contributed by atoms with Crippen LogP contribution >= 0.6 is 0 Å². The number of carbonyl (C=O) groups excluding carboxylic acids is 1. The van der Waals surface area contributed by atoms with Gasteiger partial charge < -0.3 is 4.74 Å². The van der Waals surface area contributed by atoms with Crippen LogP contribution in [0.5, 0.6) is 0 Å². The van der Waals surface area contributed by atoms with Gasteiger partial charge in [-0.25, -0.2) is 0 Å². The van der Waals surface area contributed by atoms with Crippen molar-refractivity contribution in [1.82, 2.24) is 0 Å². The van der Waals surface area contributed by atoms with Crippen LogP contribution in [0.3, 0.4) is 0 Å². The van der Waals surface area contributed by atoms with E-state index in [9.17, 15) is 4.79 Å². The van der Waals surface area contributed by atoms with Crippen molar-refractivity contribution in [2.45, 2.75) is 17.9 Å². The minimum absolute atomic E-state index is 0.158. The summed E-state index contributed by atoms with van der Waals surface area (Å²) in [7, 11) is 0. The summed E-state index contributed by atoms with van der Waals surface area (Å²) >= 11 is 0. The van der Waals surface area contributed by atoms with E-state index in [1.807, 2.05) is 91.0 Å². The number of carbonyl (C=O) groups is 1. The van der Waals surface area contributed by atoms with E-state index in [-0.39, 0.29) is 11.9 Å². The summed E-state index contributed by atoms with van der Waals surface area (Å²) in [4.78, 5) is 12.7. The standard InChI is InChI=1S/C22H18O2/c23-21-20(17-10-4-1-5-11-17)16-22(24-21,18-12-6-2-7-13-18)19-14-8-3-9-15-19/h1-15,20H,16H2. The molecule has 1 aliphatic rings. The molecule has 24 heavy (non-hydrogen) atoms. The summed E-state index contributed by atoms with van der Waals surface area (Å²) in [5.74, 6) is -0.402. The molecule has 0 spiro atoms. The number of hydrogen-bond donors (Lipinski definition) is 0. The van der Waals surface area contributed by atoms with Gasteiger partial charge in [0.2, 0.25) is 0 Å². The molecule has 1 saturated heterocycles. The number of esters is 1. The minimum atomic E-state index is -0.722. The van der Waals surface area contributed by atoms with E-state index < -0.39 is 5.60 Å². The van der Waals surface area contributed by atoms with E-state index in [4.69, 9.17) is 4.74 Å². The van der Waals surface area contributed by atoms with Crippen molar-refractivity contribution in [1.29, 1.82) is 0 Å². The monoisotopic (exact) mass is 314 g/mol. The molecular formula is C22H18O2. The molecule has 1 fully saturated rings. The van der Waals surface area contributed by atoms with Crippen LogP contribution in [-0.4, -0.2) is 5.97 Å². The zero-order valence-corrected chi connectivity index (χ0v) is 13.3. The van der Waals surface area contributed by atoms with E-state index >= 15 is 0 Å². The summed E-state index contributed by atoms with van der Waals surface area (Å²) in [5.41, 5.74) is 2.32. The molecule has 0 N–H and O–H groups in total. The van der Waals surface area contributed by atoms with Gasteiger partial charge in [0.1, 0.15) is 0 Å². The van der Waals surface area contributed by atoms with Crippen LogP contribution < -0.4 is 0 Å². The van der Waals surface area contributed by atoms with Crippen LogP contribution in [0, 0.1) is 0 Å². The maximum atomic E-state index is 12.7. The highest BCUT2D eigenvalue weighted by atomic mass is 16.6. The van der Waals surface area contributed by atoms with Gasteiger partial charge in [-0.1, -0.05) is 91.0 Å². The first-order valence-electron chi connectivity index (χ1n) is 8.18. The van der Waals surface area contributed by atoms with Crippen LogP contribution in [0.15, 0.2) is 91.0 Å². The highest BCUT2D eigenvalue weighted by Crippen LogP contribution is 2.48. The first-order valence-corrected chi connectivity index (χ1v) is 8.18. The van der Waals surface area contributed by atoms with Crippen molar-refractivity contribution >= 4 is 5.97 Å². The Bertz CT molecular complexity index is 786. The Morgan fingerprint density at radius 2 is 1.17 bits per heavy atom. The van der Waals surface area contributed by atoms with Gasteiger partial charge in [-0.3, -0.25) is 4.79 Å². The van der Waals surface area contributed by atoms with Crippen molar-refractivity contribution in [3.8, 4) is 0 Å². The lowest BCUT2D eigenvalue weighted by Crippen LogP contribution is -2.27. The summed E-state index contributed by atoms with van der Waals surface area (Å²) in [6.07, 6.45) is 0.615. The molecule has 1 unspecified atom stereocenters. The van der Waals surface area contributed by atoms with E-state index in [0.717, 1.165) is 16.7 Å². The van der Waals surface area contributed by atoms with Crippen LogP contribution in [0.4, 0.5) is 0 Å². The molecule has 4 rings (SSSR count). The smallest absolute Gasteiger partial charge is 0.314 e. The number of benzene rings is 3. The lowest BCUT2D eigenvalue weighted by molar-refractivity contribution is -0.147. The zero-order valence-electron chi connectivity index (χ0n) is 13.3. The van der Waals surface area contributed by atoms with Crippen molar-refractivity contribution in [2.75, 3.05) is 0 Å². The molecule has 0 amide bonds. The largest absolute Gasteiger partial charge is 0.449 e. The van der Waals surface area contributed by atoms with Crippen molar-refractivity contribution in [3.63, 3.8) is 0 Å². The number of hydrogen-bond acceptors (Lipinski definition) is 2. The number of cyclic esters (lactones) is 1. The second-order valence-electron chi connectivity index (χ2n) is 6.15. The topological polar surface area (TPSA) is 26.3 Å². The Morgan fingerprint density at radius 1 is 0.708 bits per heavy atom. The van der Waals surface area contributed by atoms with E-state index in [0.29, 0.717) is 6.42 Å². The van der Waals surface area contributed by atoms with Crippen molar-refractivity contribution in [2.24, 2.45) is 0 Å². The maximum absolute atomic E-state index is 12.7. The average Bonchev–Trinajstić information content (AvgIpc) is 3.03. The van der Waals surface area contributed by atoms with Gasteiger partial charge in [-0.2, -0.15) is 0 Å². The third-order valence-electron chi connectivity index (χ3n) is 4.73. The molecule has 0 aromatic heterocycles. The van der Waals surface area contributed by atoms with Crippen LogP contribution in [0.2, 0.25) is 0 Å². The third kappa shape index (κ3) is 2.41. The molecule has 0 saturated carbocycles. The van der Waals surface area contributed by atoms with Gasteiger partial charge >= 0.3 is 5.97 Å². The maximum Gasteiger partial charge on any atom is 0.314 e. The second-order valence-corrected chi connectivity index (χ2v) is 6.15. The van der Waals surface area contributed by atoms with E-state index in [1.165, 1.54) is 0 Å². The highest BCUT2D eigenvalue weighted by Gasteiger charge is 2.49. The van der Waals surface area contributed by atoms with E-state index in [1.54, 1.807) is 0 Å². The molecule has 1 atom stereocenters. The van der Waals surface area contributed by atoms with Gasteiger partial charge in [-0.05, 0) is 5.56 Å². The predicted molar refractivity (Wildman–Crippen MR) is 93.6 cm³/mol. The molecule has 3 aromatic rings. The molecule has 0 radical (unpaired) electrons. The van der Waals surface area contributed by atoms with Gasteiger partial charge in [-0.15, -0.1) is 0 Å². The first-order chi connectivity index (χ1) is 11.8. The molecular weight excluding hydrogens is 296 g/mol. The zero-order chi connectivity index (χ0) is 16.4. The minimum Gasteiger partial charge on any atom is -0.449 e. The van der Waals surface area contributed by atoms with Crippen LogP contribution in [0.1, 0.15) is 29.0 Å². The molecule has 2 nitrogen and oxygen atoms in total. The lowest BCUT2D eigenvalue weighted by Gasteiger charge is -2.29. The van der Waals surface area contributed by atoms with Crippen molar-refractivity contribution in [3.05, 3.63) is 108 Å². The van der Waals surface area contributed by atoms with Gasteiger partial charge in [0, 0.05) is 17.5 Å². The molecule has 0 aliphatic carbocycles. The second kappa shape index (κ2) is 5.97. The van der Waals surface area contributed by atoms with Gasteiger partial charge in [0.15, 0.2) is 5.60 Å². The normalized spacial score (nSPS) is 19.0. The Labute approximate surface area is 141 Å². The van der Waals surface area contributed by atoms with Crippen molar-refractivity contribution < 1.29 is 9.53 Å². The fourth-order valence-corrected chi connectivity index (χ4v) is 3.53.